The molecule has 94 valence electrons. The molecular weight excluding hydrogens is 217 g/mol. The first kappa shape index (κ1) is 12.3. The lowest BCUT2D eigenvalue weighted by molar-refractivity contribution is 0.357. The van der Waals surface area contributed by atoms with Crippen molar-refractivity contribution in [3.05, 3.63) is 17.8 Å². The van der Waals surface area contributed by atoms with Gasteiger partial charge in [-0.05, 0) is 25.2 Å². The Balaban J connectivity index is 2.07. The molecule has 1 N–H and O–H groups in total. The maximum Gasteiger partial charge on any atom is 0.186 e. The molecule has 0 aliphatic heterocycles. The maximum absolute atomic E-state index is 13.9. The summed E-state index contributed by atoms with van der Waals surface area (Å²) in [7, 11) is 0. The van der Waals surface area contributed by atoms with Crippen molar-refractivity contribution in [2.24, 2.45) is 5.92 Å². The van der Waals surface area contributed by atoms with E-state index < -0.39 is 0 Å². The summed E-state index contributed by atoms with van der Waals surface area (Å²) in [6.45, 7) is 4.15. The van der Waals surface area contributed by atoms with Gasteiger partial charge in [0.2, 0.25) is 0 Å². The number of anilines is 1. The van der Waals surface area contributed by atoms with Crippen LogP contribution in [0.3, 0.4) is 0 Å². The Morgan fingerprint density at radius 1 is 1.41 bits per heavy atom. The Bertz CT molecular complexity index is 381. The number of halogens is 1. The molecule has 1 aliphatic carbocycles. The van der Waals surface area contributed by atoms with Crippen LogP contribution in [-0.2, 0) is 6.42 Å². The van der Waals surface area contributed by atoms with Gasteiger partial charge in [0.1, 0.15) is 6.33 Å². The van der Waals surface area contributed by atoms with E-state index in [0.29, 0.717) is 24.0 Å². The maximum atomic E-state index is 13.9. The molecule has 17 heavy (non-hydrogen) atoms. The second-order valence-corrected chi connectivity index (χ2v) is 4.95. The van der Waals surface area contributed by atoms with Crippen molar-refractivity contribution in [3.63, 3.8) is 0 Å². The number of rotatable bonds is 3. The van der Waals surface area contributed by atoms with E-state index in [1.807, 2.05) is 6.92 Å². The van der Waals surface area contributed by atoms with E-state index in [9.17, 15) is 4.39 Å². The van der Waals surface area contributed by atoms with Crippen LogP contribution in [0.1, 0.15) is 45.2 Å². The molecule has 1 heterocycles. The lowest BCUT2D eigenvalue weighted by Crippen LogP contribution is -2.27. The van der Waals surface area contributed by atoms with Crippen LogP contribution in [0.25, 0.3) is 0 Å². The SMILES string of the molecule is CCc1ncnc(NC2CCCC(C)C2)c1F. The van der Waals surface area contributed by atoms with Crippen LogP contribution >= 0.6 is 0 Å². The summed E-state index contributed by atoms with van der Waals surface area (Å²) in [5, 5.41) is 3.23. The van der Waals surface area contributed by atoms with Gasteiger partial charge in [0.15, 0.2) is 11.6 Å². The van der Waals surface area contributed by atoms with Crippen molar-refractivity contribution in [1.82, 2.24) is 9.97 Å². The van der Waals surface area contributed by atoms with Crippen molar-refractivity contribution in [3.8, 4) is 0 Å². The molecule has 1 saturated carbocycles. The third-order valence-corrected chi connectivity index (χ3v) is 3.47. The molecule has 1 aliphatic rings. The van der Waals surface area contributed by atoms with Crippen LogP contribution in [0.4, 0.5) is 10.2 Å². The Morgan fingerprint density at radius 2 is 2.24 bits per heavy atom. The van der Waals surface area contributed by atoms with Gasteiger partial charge in [-0.25, -0.2) is 14.4 Å². The molecule has 0 bridgehead atoms. The molecule has 2 rings (SSSR count). The number of hydrogen-bond acceptors (Lipinski definition) is 3. The fourth-order valence-corrected chi connectivity index (χ4v) is 2.51. The van der Waals surface area contributed by atoms with E-state index in [-0.39, 0.29) is 5.82 Å². The van der Waals surface area contributed by atoms with E-state index in [0.717, 1.165) is 18.8 Å². The number of nitrogens with zero attached hydrogens (tertiary/aromatic N) is 2. The van der Waals surface area contributed by atoms with E-state index in [1.165, 1.54) is 19.2 Å². The number of aromatic nitrogens is 2. The highest BCUT2D eigenvalue weighted by Gasteiger charge is 2.20. The van der Waals surface area contributed by atoms with Crippen LogP contribution < -0.4 is 5.32 Å². The third-order valence-electron chi connectivity index (χ3n) is 3.47. The zero-order valence-corrected chi connectivity index (χ0v) is 10.5. The second kappa shape index (κ2) is 5.43. The first-order valence-electron chi connectivity index (χ1n) is 6.46. The Labute approximate surface area is 102 Å². The summed E-state index contributed by atoms with van der Waals surface area (Å²) in [6.07, 6.45) is 6.75. The molecule has 0 radical (unpaired) electrons. The zero-order valence-electron chi connectivity index (χ0n) is 10.5. The minimum absolute atomic E-state index is 0.284. The topological polar surface area (TPSA) is 37.8 Å². The number of nitrogens with one attached hydrogen (secondary N) is 1. The highest BCUT2D eigenvalue weighted by atomic mass is 19.1. The van der Waals surface area contributed by atoms with E-state index in [1.54, 1.807) is 0 Å². The predicted molar refractivity (Wildman–Crippen MR) is 66.4 cm³/mol. The molecule has 2 atom stereocenters. The van der Waals surface area contributed by atoms with Gasteiger partial charge < -0.3 is 5.32 Å². The van der Waals surface area contributed by atoms with Crippen LogP contribution in [0.5, 0.6) is 0 Å². The quantitative estimate of drug-likeness (QED) is 0.877. The Hall–Kier alpha value is -1.19. The van der Waals surface area contributed by atoms with Gasteiger partial charge in [0, 0.05) is 6.04 Å². The first-order valence-corrected chi connectivity index (χ1v) is 6.46. The van der Waals surface area contributed by atoms with E-state index in [4.69, 9.17) is 0 Å². The third kappa shape index (κ3) is 2.93. The Kier molecular flexibility index (Phi) is 3.92. The minimum Gasteiger partial charge on any atom is -0.365 e. The van der Waals surface area contributed by atoms with Gasteiger partial charge in [-0.2, -0.15) is 0 Å². The predicted octanol–water partition coefficient (Wildman–Crippen LogP) is 3.17. The van der Waals surface area contributed by atoms with Gasteiger partial charge in [0.05, 0.1) is 5.69 Å². The molecule has 1 aromatic heterocycles. The molecule has 1 aromatic rings. The molecule has 1 fully saturated rings. The molecule has 0 spiro atoms. The Morgan fingerprint density at radius 3 is 2.94 bits per heavy atom. The summed E-state index contributed by atoms with van der Waals surface area (Å²) in [5.74, 6) is 0.806. The molecule has 4 heteroatoms. The lowest BCUT2D eigenvalue weighted by atomic mass is 9.87. The minimum atomic E-state index is -0.284. The van der Waals surface area contributed by atoms with Crippen molar-refractivity contribution in [2.45, 2.75) is 52.0 Å². The van der Waals surface area contributed by atoms with Crippen molar-refractivity contribution in [1.29, 1.82) is 0 Å². The first-order chi connectivity index (χ1) is 8.20. The molecule has 0 aromatic carbocycles. The molecule has 0 saturated heterocycles. The summed E-state index contributed by atoms with van der Waals surface area (Å²) < 4.78 is 13.9. The van der Waals surface area contributed by atoms with Crippen LogP contribution in [0, 0.1) is 11.7 Å². The summed E-state index contributed by atoms with van der Waals surface area (Å²) in [4.78, 5) is 7.95. The number of hydrogen-bond donors (Lipinski definition) is 1. The zero-order chi connectivity index (χ0) is 12.3. The van der Waals surface area contributed by atoms with Crippen molar-refractivity contribution >= 4 is 5.82 Å². The van der Waals surface area contributed by atoms with E-state index in [2.05, 4.69) is 22.2 Å². The average Bonchev–Trinajstić information content (AvgIpc) is 2.32. The van der Waals surface area contributed by atoms with Gasteiger partial charge in [0.25, 0.3) is 0 Å². The second-order valence-electron chi connectivity index (χ2n) is 4.95. The molecule has 0 amide bonds. The molecule has 3 nitrogen and oxygen atoms in total. The highest BCUT2D eigenvalue weighted by molar-refractivity contribution is 5.38. The largest absolute Gasteiger partial charge is 0.365 e. The highest BCUT2D eigenvalue weighted by Crippen LogP contribution is 2.26. The average molecular weight is 237 g/mol. The summed E-state index contributed by atoms with van der Waals surface area (Å²) >= 11 is 0. The fourth-order valence-electron chi connectivity index (χ4n) is 2.51. The smallest absolute Gasteiger partial charge is 0.186 e. The fraction of sp³-hybridized carbons (Fsp3) is 0.692. The van der Waals surface area contributed by atoms with Gasteiger partial charge >= 0.3 is 0 Å². The van der Waals surface area contributed by atoms with Crippen molar-refractivity contribution in [2.75, 3.05) is 5.32 Å². The van der Waals surface area contributed by atoms with E-state index >= 15 is 0 Å². The summed E-state index contributed by atoms with van der Waals surface area (Å²) in [6, 6.07) is 0.354. The van der Waals surface area contributed by atoms with Crippen LogP contribution in [-0.4, -0.2) is 16.0 Å². The van der Waals surface area contributed by atoms with Gasteiger partial charge in [-0.15, -0.1) is 0 Å². The molecule has 2 unspecified atom stereocenters. The monoisotopic (exact) mass is 237 g/mol. The normalized spacial score (nSPS) is 24.6. The summed E-state index contributed by atoms with van der Waals surface area (Å²) in [5.41, 5.74) is 0.492. The standard InChI is InChI=1S/C13H20FN3/c1-3-11-12(14)13(16-8-15-11)17-10-6-4-5-9(2)7-10/h8-10H,3-7H2,1-2H3,(H,15,16,17). The van der Waals surface area contributed by atoms with Crippen LogP contribution in [0.15, 0.2) is 6.33 Å². The van der Waals surface area contributed by atoms with Crippen LogP contribution in [0.2, 0.25) is 0 Å². The van der Waals surface area contributed by atoms with Gasteiger partial charge in [-0.1, -0.05) is 26.7 Å². The number of aryl methyl sites for hydroxylation is 1. The van der Waals surface area contributed by atoms with Crippen molar-refractivity contribution < 1.29 is 4.39 Å². The molecular formula is C13H20FN3. The van der Waals surface area contributed by atoms with Gasteiger partial charge in [-0.3, -0.25) is 0 Å². The lowest BCUT2D eigenvalue weighted by Gasteiger charge is -2.28.